The lowest BCUT2D eigenvalue weighted by Crippen LogP contribution is -2.25. The quantitative estimate of drug-likeness (QED) is 0.672. The Bertz CT molecular complexity index is 233. The van der Waals surface area contributed by atoms with Crippen LogP contribution < -0.4 is 11.1 Å². The molecule has 0 saturated heterocycles. The zero-order valence-corrected chi connectivity index (χ0v) is 8.58. The van der Waals surface area contributed by atoms with Crippen molar-refractivity contribution in [2.24, 2.45) is 5.73 Å². The molecular formula is C12H19N2. The fourth-order valence-corrected chi connectivity index (χ4v) is 1.26. The Hall–Kier alpha value is -0.860. The van der Waals surface area contributed by atoms with Crippen molar-refractivity contribution >= 4 is 0 Å². The Morgan fingerprint density at radius 2 is 2.00 bits per heavy atom. The van der Waals surface area contributed by atoms with Crippen LogP contribution in [-0.2, 0) is 6.54 Å². The van der Waals surface area contributed by atoms with E-state index in [1.54, 1.807) is 0 Å². The lowest BCUT2D eigenvalue weighted by Gasteiger charge is -2.09. The normalized spacial score (nSPS) is 12.7. The molecule has 3 N–H and O–H groups in total. The predicted molar refractivity (Wildman–Crippen MR) is 60.7 cm³/mol. The van der Waals surface area contributed by atoms with Crippen molar-refractivity contribution in [3.8, 4) is 0 Å². The van der Waals surface area contributed by atoms with Gasteiger partial charge >= 0.3 is 0 Å². The Labute approximate surface area is 86.5 Å². The van der Waals surface area contributed by atoms with Gasteiger partial charge in [-0.15, -0.1) is 0 Å². The Morgan fingerprint density at radius 3 is 2.64 bits per heavy atom. The van der Waals surface area contributed by atoms with Crippen LogP contribution in [0, 0.1) is 6.92 Å². The van der Waals surface area contributed by atoms with E-state index in [1.165, 1.54) is 5.56 Å². The molecule has 2 heteroatoms. The zero-order valence-electron chi connectivity index (χ0n) is 8.58. The first-order valence-corrected chi connectivity index (χ1v) is 5.12. The smallest absolute Gasteiger partial charge is 0.0205 e. The van der Waals surface area contributed by atoms with Crippen molar-refractivity contribution in [2.45, 2.75) is 25.4 Å². The van der Waals surface area contributed by atoms with E-state index in [-0.39, 0.29) is 6.04 Å². The highest BCUT2D eigenvalue weighted by molar-refractivity contribution is 5.14. The third-order valence-electron chi connectivity index (χ3n) is 2.23. The number of benzene rings is 1. The maximum absolute atomic E-state index is 5.75. The van der Waals surface area contributed by atoms with Crippen molar-refractivity contribution in [1.29, 1.82) is 0 Å². The van der Waals surface area contributed by atoms with Gasteiger partial charge in [0.1, 0.15) is 0 Å². The van der Waals surface area contributed by atoms with E-state index in [2.05, 4.69) is 36.5 Å². The van der Waals surface area contributed by atoms with Gasteiger partial charge in [-0.2, -0.15) is 0 Å². The van der Waals surface area contributed by atoms with Crippen LogP contribution in [0.15, 0.2) is 30.3 Å². The molecule has 14 heavy (non-hydrogen) atoms. The topological polar surface area (TPSA) is 38.0 Å². The van der Waals surface area contributed by atoms with Gasteiger partial charge in [-0.25, -0.2) is 0 Å². The van der Waals surface area contributed by atoms with E-state index in [9.17, 15) is 0 Å². The highest BCUT2D eigenvalue weighted by Gasteiger charge is 1.97. The molecule has 0 amide bonds. The lowest BCUT2D eigenvalue weighted by atomic mass is 10.1. The van der Waals surface area contributed by atoms with Crippen molar-refractivity contribution in [3.63, 3.8) is 0 Å². The zero-order chi connectivity index (χ0) is 10.2. The second-order valence-electron chi connectivity index (χ2n) is 3.50. The molecule has 1 unspecified atom stereocenters. The van der Waals surface area contributed by atoms with E-state index in [0.717, 1.165) is 25.9 Å². The van der Waals surface area contributed by atoms with Crippen LogP contribution in [0.4, 0.5) is 0 Å². The molecule has 1 rings (SSSR count). The molecule has 2 nitrogen and oxygen atoms in total. The molecule has 0 aliphatic rings. The van der Waals surface area contributed by atoms with E-state index < -0.39 is 0 Å². The number of hydrogen-bond donors (Lipinski definition) is 2. The molecule has 1 radical (unpaired) electrons. The van der Waals surface area contributed by atoms with Crippen LogP contribution in [0.2, 0.25) is 0 Å². The molecule has 77 valence electrons. The van der Waals surface area contributed by atoms with Crippen LogP contribution in [0.3, 0.4) is 0 Å². The maximum atomic E-state index is 5.75. The molecular weight excluding hydrogens is 172 g/mol. The summed E-state index contributed by atoms with van der Waals surface area (Å²) in [7, 11) is 0. The van der Waals surface area contributed by atoms with Crippen molar-refractivity contribution < 1.29 is 0 Å². The summed E-state index contributed by atoms with van der Waals surface area (Å²) in [6, 6.07) is 10.6. The van der Waals surface area contributed by atoms with E-state index >= 15 is 0 Å². The van der Waals surface area contributed by atoms with Crippen molar-refractivity contribution in [2.75, 3.05) is 6.54 Å². The summed E-state index contributed by atoms with van der Waals surface area (Å²) in [5.74, 6) is 0. The second-order valence-corrected chi connectivity index (χ2v) is 3.50. The van der Waals surface area contributed by atoms with E-state index in [1.807, 2.05) is 6.07 Å². The summed E-state index contributed by atoms with van der Waals surface area (Å²) < 4.78 is 0. The summed E-state index contributed by atoms with van der Waals surface area (Å²) in [5.41, 5.74) is 7.07. The number of rotatable bonds is 6. The average Bonchev–Trinajstić information content (AvgIpc) is 2.25. The van der Waals surface area contributed by atoms with Crippen LogP contribution in [-0.4, -0.2) is 12.6 Å². The van der Waals surface area contributed by atoms with Crippen molar-refractivity contribution in [1.82, 2.24) is 5.32 Å². The van der Waals surface area contributed by atoms with Crippen LogP contribution in [0.5, 0.6) is 0 Å². The van der Waals surface area contributed by atoms with Gasteiger partial charge in [-0.1, -0.05) is 37.3 Å². The largest absolute Gasteiger partial charge is 0.328 e. The third-order valence-corrected chi connectivity index (χ3v) is 2.23. The molecule has 1 aromatic rings. The Morgan fingerprint density at radius 1 is 1.29 bits per heavy atom. The van der Waals surface area contributed by atoms with Crippen LogP contribution in [0.25, 0.3) is 0 Å². The SMILES string of the molecule is [CH2]CC(N)CCNCc1ccccc1. The Kier molecular flexibility index (Phi) is 5.27. The first-order valence-electron chi connectivity index (χ1n) is 5.12. The number of nitrogens with two attached hydrogens (primary N) is 1. The van der Waals surface area contributed by atoms with E-state index in [0.29, 0.717) is 0 Å². The van der Waals surface area contributed by atoms with Gasteiger partial charge in [0, 0.05) is 12.6 Å². The molecule has 0 aromatic heterocycles. The molecule has 1 atom stereocenters. The van der Waals surface area contributed by atoms with Gasteiger partial charge in [0.15, 0.2) is 0 Å². The molecule has 0 aliphatic carbocycles. The van der Waals surface area contributed by atoms with Crippen LogP contribution >= 0.6 is 0 Å². The van der Waals surface area contributed by atoms with Gasteiger partial charge in [0.2, 0.25) is 0 Å². The predicted octanol–water partition coefficient (Wildman–Crippen LogP) is 1.72. The number of nitrogens with one attached hydrogen (secondary N) is 1. The minimum absolute atomic E-state index is 0.235. The summed E-state index contributed by atoms with van der Waals surface area (Å²) in [4.78, 5) is 0. The fraction of sp³-hybridized carbons (Fsp3) is 0.417. The summed E-state index contributed by atoms with van der Waals surface area (Å²) in [6.45, 7) is 5.65. The molecule has 0 aliphatic heterocycles. The molecule has 0 bridgehead atoms. The van der Waals surface area contributed by atoms with Gasteiger partial charge in [0.25, 0.3) is 0 Å². The van der Waals surface area contributed by atoms with Crippen molar-refractivity contribution in [3.05, 3.63) is 42.8 Å². The first-order chi connectivity index (χ1) is 6.83. The summed E-state index contributed by atoms with van der Waals surface area (Å²) >= 11 is 0. The molecule has 0 spiro atoms. The minimum Gasteiger partial charge on any atom is -0.328 e. The van der Waals surface area contributed by atoms with Crippen LogP contribution in [0.1, 0.15) is 18.4 Å². The minimum atomic E-state index is 0.235. The first kappa shape index (κ1) is 11.2. The number of hydrogen-bond acceptors (Lipinski definition) is 2. The summed E-state index contributed by atoms with van der Waals surface area (Å²) in [6.07, 6.45) is 1.81. The monoisotopic (exact) mass is 191 g/mol. The molecule has 0 heterocycles. The fourth-order valence-electron chi connectivity index (χ4n) is 1.26. The maximum Gasteiger partial charge on any atom is 0.0205 e. The molecule has 1 aromatic carbocycles. The van der Waals surface area contributed by atoms with Gasteiger partial charge in [0.05, 0.1) is 0 Å². The third kappa shape index (κ3) is 4.40. The lowest BCUT2D eigenvalue weighted by molar-refractivity contribution is 0.563. The highest BCUT2D eigenvalue weighted by Crippen LogP contribution is 1.97. The van der Waals surface area contributed by atoms with E-state index in [4.69, 9.17) is 5.73 Å². The van der Waals surface area contributed by atoms with Gasteiger partial charge in [-0.3, -0.25) is 0 Å². The van der Waals surface area contributed by atoms with Gasteiger partial charge in [-0.05, 0) is 24.9 Å². The standard InChI is InChI=1S/C12H19N2/c1-2-12(13)8-9-14-10-11-6-4-3-5-7-11/h3-7,12,14H,1-2,8-10,13H2. The summed E-state index contributed by atoms with van der Waals surface area (Å²) in [5, 5.41) is 3.36. The Balaban J connectivity index is 2.10. The molecule has 0 fully saturated rings. The molecule has 0 saturated carbocycles. The highest BCUT2D eigenvalue weighted by atomic mass is 14.9. The van der Waals surface area contributed by atoms with Gasteiger partial charge < -0.3 is 11.1 Å². The second kappa shape index (κ2) is 6.57. The average molecular weight is 191 g/mol.